The van der Waals surface area contributed by atoms with Crippen LogP contribution in [0.3, 0.4) is 0 Å². The van der Waals surface area contributed by atoms with Gasteiger partial charge in [-0.05, 0) is 6.58 Å². The zero-order valence-electron chi connectivity index (χ0n) is 8.57. The molecule has 0 radical (unpaired) electrons. The molecule has 0 atom stereocenters. The van der Waals surface area contributed by atoms with Gasteiger partial charge in [-0.25, -0.2) is 0 Å². The van der Waals surface area contributed by atoms with Crippen molar-refractivity contribution in [3.8, 4) is 0 Å². The second-order valence-corrected chi connectivity index (χ2v) is 0.339. The van der Waals surface area contributed by atoms with Crippen LogP contribution in [0.5, 0.6) is 0 Å². The first-order chi connectivity index (χ1) is 3.73. The quantitative estimate of drug-likeness (QED) is 0.308. The maximum absolute atomic E-state index is 10.1. The highest BCUT2D eigenvalue weighted by molar-refractivity contribution is 4.57. The summed E-state index contributed by atoms with van der Waals surface area (Å²) in [6.07, 6.45) is -1.83. The van der Waals surface area contributed by atoms with E-state index in [1.807, 2.05) is 0 Å². The summed E-state index contributed by atoms with van der Waals surface area (Å²) in [4.78, 5) is 0. The fourth-order valence-electron chi connectivity index (χ4n) is 0. The Labute approximate surface area is 96.1 Å². The average molecular weight is 310 g/mol. The van der Waals surface area contributed by atoms with Crippen LogP contribution < -0.4 is 47.0 Å². The predicted octanol–water partition coefficient (Wildman–Crippen LogP) is -27.0. The third-order valence-corrected chi connectivity index (χ3v) is 0. The summed E-state index contributed by atoms with van der Waals surface area (Å²) in [7, 11) is 0. The van der Waals surface area contributed by atoms with Crippen LogP contribution in [-0.4, -0.2) is 0 Å². The average Bonchev–Trinajstić information content (AvgIpc) is 1.75. The molecule has 128 valence electrons. The van der Waals surface area contributed by atoms with Crippen LogP contribution in [0.1, 0.15) is 0 Å². The van der Waals surface area contributed by atoms with Crippen molar-refractivity contribution in [2.45, 2.75) is 0 Å². The lowest BCUT2D eigenvalue weighted by Crippen LogP contribution is -3.00. The highest BCUT2D eigenvalue weighted by Crippen LogP contribution is 1.85. The molecule has 0 heterocycles. The van der Waals surface area contributed by atoms with Crippen LogP contribution in [0.2, 0.25) is 0 Å². The lowest BCUT2D eigenvalue weighted by atomic mass is 11.2. The van der Waals surface area contributed by atoms with Crippen LogP contribution in [-0.2, 0) is 0 Å². The van der Waals surface area contributed by atoms with E-state index in [0.29, 0.717) is 0 Å². The van der Waals surface area contributed by atoms with Crippen molar-refractivity contribution >= 4 is 0 Å². The molecular formula is C6H10F12-10. The summed E-state index contributed by atoms with van der Waals surface area (Å²) in [5.74, 6) is 0. The van der Waals surface area contributed by atoms with E-state index in [-0.39, 0.29) is 47.0 Å². The summed E-state index contributed by atoms with van der Waals surface area (Å²) < 4.78 is 20.3. The molecule has 0 saturated carbocycles. The van der Waals surface area contributed by atoms with Gasteiger partial charge in [0.05, 0.1) is 0 Å². The minimum Gasteiger partial charge on any atom is -1.00 e. The molecule has 0 unspecified atom stereocenters. The number of hydrogen-bond acceptors (Lipinski definition) is 0. The summed E-state index contributed by atoms with van der Waals surface area (Å²) in [6.45, 7) is 14.2. The van der Waals surface area contributed by atoms with Gasteiger partial charge < -0.3 is 47.0 Å². The van der Waals surface area contributed by atoms with E-state index in [1.54, 1.807) is 0 Å². The van der Waals surface area contributed by atoms with Crippen molar-refractivity contribution in [3.05, 3.63) is 39.0 Å². The molecule has 0 aromatic rings. The van der Waals surface area contributed by atoms with Crippen molar-refractivity contribution < 1.29 is 55.8 Å². The van der Waals surface area contributed by atoms with Gasteiger partial charge >= 0.3 is 0 Å². The second-order valence-electron chi connectivity index (χ2n) is 0.339. The van der Waals surface area contributed by atoms with Gasteiger partial charge in [-0.3, -0.25) is 0 Å². The van der Waals surface area contributed by atoms with E-state index in [4.69, 9.17) is 0 Å². The van der Waals surface area contributed by atoms with Gasteiger partial charge in [-0.2, -0.15) is 8.78 Å². The molecule has 0 amide bonds. The molecule has 12 heteroatoms. The molecule has 0 N–H and O–H groups in total. The van der Waals surface area contributed by atoms with Gasteiger partial charge in [0, 0.05) is 0 Å². The van der Waals surface area contributed by atoms with Crippen LogP contribution in [0, 0.1) is 0 Å². The molecule has 0 bridgehead atoms. The highest BCUT2D eigenvalue weighted by atomic mass is 19.3. The maximum atomic E-state index is 10.1. The van der Waals surface area contributed by atoms with Crippen LogP contribution in [0.25, 0.3) is 0 Å². The lowest BCUT2D eigenvalue weighted by molar-refractivity contribution is -0.00100. The zero-order chi connectivity index (χ0) is 7.58. The molecule has 0 aliphatic rings. The summed E-state index contributed by atoms with van der Waals surface area (Å²) in [5, 5.41) is 0. The SMILES string of the molecule is C=C.C=C.C=C(F)F.[F-].[F-].[F-].[F-].[F-].[F-].[F-].[F-].[F-].[F-]. The molecule has 0 aliphatic heterocycles. The second kappa shape index (κ2) is 1670. The van der Waals surface area contributed by atoms with Gasteiger partial charge in [0.2, 0.25) is 0 Å². The zero-order valence-corrected chi connectivity index (χ0v) is 8.57. The number of rotatable bonds is 0. The predicted molar refractivity (Wildman–Crippen MR) is 33.9 cm³/mol. The third kappa shape index (κ3) is 981. The molecular weight excluding hydrogens is 300 g/mol. The van der Waals surface area contributed by atoms with E-state index < -0.39 is 6.08 Å². The van der Waals surface area contributed by atoms with E-state index in [0.717, 1.165) is 0 Å². The minimum absolute atomic E-state index is 0. The van der Waals surface area contributed by atoms with Crippen molar-refractivity contribution in [2.24, 2.45) is 0 Å². The molecule has 0 aromatic carbocycles. The van der Waals surface area contributed by atoms with Crippen molar-refractivity contribution in [1.29, 1.82) is 0 Å². The van der Waals surface area contributed by atoms with Crippen LogP contribution in [0.4, 0.5) is 8.78 Å². The van der Waals surface area contributed by atoms with Gasteiger partial charge in [0.25, 0.3) is 6.08 Å². The van der Waals surface area contributed by atoms with Gasteiger partial charge in [0.1, 0.15) is 0 Å². The molecule has 0 nitrogen and oxygen atoms in total. The molecule has 0 rings (SSSR count). The summed E-state index contributed by atoms with van der Waals surface area (Å²) >= 11 is 0. The van der Waals surface area contributed by atoms with Gasteiger partial charge in [0.15, 0.2) is 0 Å². The lowest BCUT2D eigenvalue weighted by Gasteiger charge is -1.54. The maximum Gasteiger partial charge on any atom is 0.263 e. The first-order valence-corrected chi connectivity index (χ1v) is 1.73. The highest BCUT2D eigenvalue weighted by Gasteiger charge is 1.65. The van der Waals surface area contributed by atoms with Crippen molar-refractivity contribution in [3.63, 3.8) is 0 Å². The van der Waals surface area contributed by atoms with Crippen molar-refractivity contribution in [2.75, 3.05) is 0 Å². The Kier molecular flexibility index (Phi) is 31500. The Bertz CT molecular complexity index is 54.5. The Morgan fingerprint density at radius 1 is 0.444 bits per heavy atom. The standard InChI is InChI=1S/C2H2F2.2C2H4.10FH/c1-2(3)4;2*1-2;;;;;;;;;;/h1H2;2*1-2H2;10*1H/p-10. The molecule has 18 heavy (non-hydrogen) atoms. The molecule has 0 fully saturated rings. The van der Waals surface area contributed by atoms with Crippen LogP contribution >= 0.6 is 0 Å². The van der Waals surface area contributed by atoms with E-state index in [2.05, 4.69) is 32.9 Å². The smallest absolute Gasteiger partial charge is 0.263 e. The Hall–Kier alpha value is -1.62. The van der Waals surface area contributed by atoms with Gasteiger partial charge in [-0.15, -0.1) is 26.3 Å². The van der Waals surface area contributed by atoms with E-state index >= 15 is 0 Å². The Balaban J connectivity index is -0.00000000154. The van der Waals surface area contributed by atoms with Crippen LogP contribution in [0.15, 0.2) is 39.0 Å². The van der Waals surface area contributed by atoms with Crippen molar-refractivity contribution in [1.82, 2.24) is 0 Å². The third-order valence-electron chi connectivity index (χ3n) is 0. The van der Waals surface area contributed by atoms with E-state index in [1.165, 1.54) is 0 Å². The summed E-state index contributed by atoms with van der Waals surface area (Å²) in [5.41, 5.74) is 0. The largest absolute Gasteiger partial charge is 1.00 e. The molecule has 0 aromatic heterocycles. The van der Waals surface area contributed by atoms with Gasteiger partial charge in [-0.1, -0.05) is 0 Å². The molecule has 0 saturated heterocycles. The first kappa shape index (κ1) is 339. The molecule has 0 spiro atoms. The fraction of sp³-hybridized carbons (Fsp3) is 0. The summed E-state index contributed by atoms with van der Waals surface area (Å²) in [6, 6.07) is 0. The first-order valence-electron chi connectivity index (χ1n) is 1.73. The topological polar surface area (TPSA) is 0 Å². The number of hydrogen-bond donors (Lipinski definition) is 0. The van der Waals surface area contributed by atoms with E-state index in [9.17, 15) is 8.78 Å². The molecule has 0 aliphatic carbocycles. The number of halogens is 12. The fourth-order valence-corrected chi connectivity index (χ4v) is 0. The monoisotopic (exact) mass is 310 g/mol. The minimum atomic E-state index is -1.83. The Morgan fingerprint density at radius 3 is 0.444 bits per heavy atom. The normalized spacial score (nSPS) is 1.89. The Morgan fingerprint density at radius 2 is 0.444 bits per heavy atom.